The Labute approximate surface area is 148 Å². The summed E-state index contributed by atoms with van der Waals surface area (Å²) in [7, 11) is 1.52. The molecule has 0 atom stereocenters. The van der Waals surface area contributed by atoms with E-state index < -0.39 is 18.9 Å². The van der Waals surface area contributed by atoms with Crippen LogP contribution in [-0.2, 0) is 44.8 Å². The monoisotopic (exact) mass is 491 g/mol. The van der Waals surface area contributed by atoms with Crippen LogP contribution >= 0.6 is 0 Å². The largest absolute Gasteiger partial charge is 0.516 e. The third kappa shape index (κ3) is 9.50. The van der Waals surface area contributed by atoms with Gasteiger partial charge in [0.2, 0.25) is 6.79 Å². The molecule has 0 bridgehead atoms. The topological polar surface area (TPSA) is 80.3 Å². The summed E-state index contributed by atoms with van der Waals surface area (Å²) in [5.74, 6) is -0.541. The number of hydrogen-bond donors (Lipinski definition) is 0. The van der Waals surface area contributed by atoms with Crippen LogP contribution < -0.4 is 4.74 Å². The van der Waals surface area contributed by atoms with Crippen molar-refractivity contribution in [2.45, 2.75) is 0 Å². The molecule has 1 rings (SSSR count). The Balaban J connectivity index is 0.00000484. The van der Waals surface area contributed by atoms with E-state index in [9.17, 15) is 9.59 Å². The number of carbonyl (C=O) groups excluding carboxylic acids is 2. The number of ether oxygens (including phenoxy) is 5. The van der Waals surface area contributed by atoms with Crippen molar-refractivity contribution in [1.82, 2.24) is 0 Å². The van der Waals surface area contributed by atoms with E-state index in [0.29, 0.717) is 0 Å². The van der Waals surface area contributed by atoms with Crippen LogP contribution in [-0.4, -0.2) is 32.8 Å². The maximum atomic E-state index is 11.3. The summed E-state index contributed by atoms with van der Waals surface area (Å²) >= 11 is 0. The number of methoxy groups -OCH3 is 1. The Hall–Kier alpha value is -2.11. The molecule has 0 N–H and O–H groups in total. The van der Waals surface area contributed by atoms with Gasteiger partial charge >= 0.3 is 6.16 Å². The maximum Gasteiger partial charge on any atom is 0.516 e. The summed E-state index contributed by atoms with van der Waals surface area (Å²) in [6.45, 7) is 2.67. The molecular weight excluding hydrogens is 476 g/mol. The molecule has 0 aliphatic rings. The second-order valence-corrected chi connectivity index (χ2v) is 3.67. The van der Waals surface area contributed by atoms with Crippen LogP contribution in [0.15, 0.2) is 37.1 Å². The van der Waals surface area contributed by atoms with Crippen molar-refractivity contribution in [3.05, 3.63) is 48.7 Å². The molecule has 124 valence electrons. The van der Waals surface area contributed by atoms with Crippen LogP contribution in [0.25, 0.3) is 6.08 Å². The number of benzene rings is 1. The van der Waals surface area contributed by atoms with Crippen LogP contribution in [0.4, 0.5) is 4.79 Å². The van der Waals surface area contributed by atoms with Gasteiger partial charge in [-0.3, -0.25) is 11.4 Å². The molecule has 8 heteroatoms. The van der Waals surface area contributed by atoms with Gasteiger partial charge < -0.3 is 29.8 Å². The SMILES string of the molecule is C=[C-]C(=O)OCOC(=O)Oc1ccc(C=COCOC)cc1.[W]. The molecule has 1 aromatic carbocycles. The number of esters is 1. The average molecular weight is 491 g/mol. The predicted octanol–water partition coefficient (Wildman–Crippen LogP) is 2.28. The summed E-state index contributed by atoms with van der Waals surface area (Å²) < 4.78 is 23.5. The van der Waals surface area contributed by atoms with Gasteiger partial charge in [-0.1, -0.05) is 12.1 Å². The molecule has 0 unspecified atom stereocenters. The summed E-state index contributed by atoms with van der Waals surface area (Å²) in [5.41, 5.74) is 0.840. The van der Waals surface area contributed by atoms with Crippen molar-refractivity contribution < 1.29 is 54.3 Å². The Morgan fingerprint density at radius 2 is 1.87 bits per heavy atom. The van der Waals surface area contributed by atoms with E-state index in [1.54, 1.807) is 30.3 Å². The van der Waals surface area contributed by atoms with Crippen LogP contribution in [0, 0.1) is 6.08 Å². The van der Waals surface area contributed by atoms with E-state index in [0.717, 1.165) is 5.56 Å². The van der Waals surface area contributed by atoms with Crippen LogP contribution in [0.3, 0.4) is 0 Å². The Kier molecular flexibility index (Phi) is 11.3. The molecule has 0 aromatic heterocycles. The molecule has 0 radical (unpaired) electrons. The van der Waals surface area contributed by atoms with Crippen LogP contribution in [0.5, 0.6) is 5.75 Å². The molecule has 0 amide bonds. The van der Waals surface area contributed by atoms with Crippen molar-refractivity contribution in [2.75, 3.05) is 20.7 Å². The first-order chi connectivity index (χ1) is 10.7. The molecule has 0 saturated carbocycles. The molecule has 0 fully saturated rings. The molecule has 0 aliphatic carbocycles. The first-order valence-corrected chi connectivity index (χ1v) is 6.07. The van der Waals surface area contributed by atoms with E-state index in [-0.39, 0.29) is 33.6 Å². The van der Waals surface area contributed by atoms with Gasteiger partial charge in [0.25, 0.3) is 0 Å². The minimum atomic E-state index is -0.997. The number of rotatable bonds is 8. The summed E-state index contributed by atoms with van der Waals surface area (Å²) in [6.07, 6.45) is 4.15. The second kappa shape index (κ2) is 12.4. The average Bonchev–Trinajstić information content (AvgIpc) is 2.53. The summed E-state index contributed by atoms with van der Waals surface area (Å²) in [4.78, 5) is 22.0. The van der Waals surface area contributed by atoms with Crippen molar-refractivity contribution >= 4 is 18.2 Å². The minimum Gasteiger partial charge on any atom is -0.475 e. The van der Waals surface area contributed by atoms with E-state index in [2.05, 4.69) is 16.1 Å². The molecule has 0 spiro atoms. The third-order valence-electron chi connectivity index (χ3n) is 2.14. The Morgan fingerprint density at radius 3 is 2.48 bits per heavy atom. The molecular formula is C15H15O7W-. The zero-order chi connectivity index (χ0) is 16.2. The van der Waals surface area contributed by atoms with Crippen molar-refractivity contribution in [1.29, 1.82) is 0 Å². The fourth-order valence-electron chi connectivity index (χ4n) is 1.19. The van der Waals surface area contributed by atoms with E-state index in [4.69, 9.17) is 14.2 Å². The quantitative estimate of drug-likeness (QED) is 0.105. The molecule has 0 aliphatic heterocycles. The first kappa shape index (κ1) is 20.9. The zero-order valence-corrected chi connectivity index (χ0v) is 15.3. The standard InChI is InChI=1S/C15H15O7.W/c1-3-14(16)20-11-21-15(17)22-13-6-4-12(5-7-13)8-9-19-10-18-2;/h4-9H,1,10-11H2,2H3;/q-1;. The fraction of sp³-hybridized carbons (Fsp3) is 0.200. The number of hydrogen-bond acceptors (Lipinski definition) is 7. The van der Waals surface area contributed by atoms with Gasteiger partial charge in [-0.2, -0.15) is 0 Å². The predicted molar refractivity (Wildman–Crippen MR) is 75.4 cm³/mol. The summed E-state index contributed by atoms with van der Waals surface area (Å²) in [5, 5.41) is 0. The van der Waals surface area contributed by atoms with Gasteiger partial charge in [-0.25, -0.2) is 4.79 Å². The van der Waals surface area contributed by atoms with Crippen LogP contribution in [0.1, 0.15) is 5.56 Å². The Bertz CT molecular complexity index is 525. The molecule has 1 aromatic rings. The normalized spacial score (nSPS) is 9.61. The van der Waals surface area contributed by atoms with Gasteiger partial charge in [0.05, 0.1) is 6.26 Å². The molecule has 0 saturated heterocycles. The number of carbonyl (C=O) groups is 2. The zero-order valence-electron chi connectivity index (χ0n) is 12.4. The summed E-state index contributed by atoms with van der Waals surface area (Å²) in [6, 6.07) is 6.56. The minimum absolute atomic E-state index is 0. The maximum absolute atomic E-state index is 11.3. The van der Waals surface area contributed by atoms with Gasteiger partial charge in [-0.05, 0) is 23.8 Å². The van der Waals surface area contributed by atoms with Gasteiger partial charge in [0.15, 0.2) is 12.8 Å². The van der Waals surface area contributed by atoms with Crippen molar-refractivity contribution in [3.8, 4) is 5.75 Å². The molecule has 23 heavy (non-hydrogen) atoms. The van der Waals surface area contributed by atoms with E-state index in [1.807, 2.05) is 6.08 Å². The first-order valence-electron chi connectivity index (χ1n) is 6.07. The van der Waals surface area contributed by atoms with Gasteiger partial charge in [0, 0.05) is 28.2 Å². The van der Waals surface area contributed by atoms with Crippen molar-refractivity contribution in [2.24, 2.45) is 0 Å². The second-order valence-electron chi connectivity index (χ2n) is 3.67. The van der Waals surface area contributed by atoms with E-state index >= 15 is 0 Å². The van der Waals surface area contributed by atoms with E-state index in [1.165, 1.54) is 13.4 Å². The van der Waals surface area contributed by atoms with Crippen LogP contribution in [0.2, 0.25) is 0 Å². The van der Waals surface area contributed by atoms with Gasteiger partial charge in [0.1, 0.15) is 5.75 Å². The van der Waals surface area contributed by atoms with Crippen molar-refractivity contribution in [3.63, 3.8) is 0 Å². The molecule has 0 heterocycles. The van der Waals surface area contributed by atoms with Gasteiger partial charge in [-0.15, -0.1) is 0 Å². The third-order valence-corrected chi connectivity index (χ3v) is 2.14. The fourth-order valence-corrected chi connectivity index (χ4v) is 1.19. The molecule has 7 nitrogen and oxygen atoms in total. The smallest absolute Gasteiger partial charge is 0.475 e. The Morgan fingerprint density at radius 1 is 1.17 bits per heavy atom.